The fraction of sp³-hybridized carbons (Fsp3) is 0.917. The van der Waals surface area contributed by atoms with Crippen molar-refractivity contribution in [3.05, 3.63) is 0 Å². The number of hydrogen-bond acceptors (Lipinski definition) is 45. The third-order valence-corrected chi connectivity index (χ3v) is 25.2. The molecule has 650 valence electrons. The van der Waals surface area contributed by atoms with Crippen LogP contribution in [0.4, 0.5) is 0 Å². The number of esters is 5. The lowest BCUT2D eigenvalue weighted by Gasteiger charge is -2.28. The summed E-state index contributed by atoms with van der Waals surface area (Å²) in [6.07, 6.45) is -28.8. The summed E-state index contributed by atoms with van der Waals surface area (Å²) >= 11 is 0. The zero-order chi connectivity index (χ0) is 83.8. The van der Waals surface area contributed by atoms with Gasteiger partial charge in [-0.1, -0.05) is 0 Å². The molecular weight excluding hydrogens is 1640 g/mol. The maximum Gasteiger partial charge on any atom is 0.478 e. The summed E-state index contributed by atoms with van der Waals surface area (Å²) in [4.78, 5) is 68.5. The number of hydrogen-bond donors (Lipinski definition) is 7. The highest BCUT2D eigenvalue weighted by Gasteiger charge is 2.57. The number of carbonyl (C=O) groups excluding carboxylic acids is 5. The van der Waals surface area contributed by atoms with Gasteiger partial charge in [-0.05, 0) is 104 Å². The SMILES string of the molecule is CC(=O)OCOP1(=O)OCC2OC(C)C(OP(=O)(OCOC(C)=O)OCC3OC(C)C(O1)C3O)C2O.CC1OC2COP(=O)(OCOC(=O)C(C)(C)C)OC3C(C)OC(COP(=O)(O)OC2C1O)C3O.CC1OC2COP(=O)(OCOC(=O)C(C)(C)C)OC3C(C)OC(COP(=O)(OCOC(=O)C(C)(C)C)OC1C2O)C3O. The third-order valence-electron chi connectivity index (χ3n) is 17.3. The van der Waals surface area contributed by atoms with Crippen LogP contribution in [0, 0.1) is 16.2 Å². The Morgan fingerprint density at radius 2 is 0.509 bits per heavy atom. The van der Waals surface area contributed by atoms with Crippen LogP contribution < -0.4 is 0 Å². The second-order valence-corrected chi connectivity index (χ2v) is 39.2. The van der Waals surface area contributed by atoms with Crippen molar-refractivity contribution in [2.24, 2.45) is 16.2 Å². The Balaban J connectivity index is 0.000000235. The van der Waals surface area contributed by atoms with Gasteiger partial charge < -0.3 is 87.6 Å². The van der Waals surface area contributed by atoms with E-state index in [4.69, 9.17) is 120 Å². The summed E-state index contributed by atoms with van der Waals surface area (Å²) in [7, 11) is -27.4. The van der Waals surface area contributed by atoms with Crippen molar-refractivity contribution in [2.75, 3.05) is 73.6 Å². The molecule has 46 nitrogen and oxygen atoms in total. The molecule has 0 aromatic rings. The number of aliphatic hydroxyl groups is 6. The highest BCUT2D eigenvalue weighted by molar-refractivity contribution is 7.49. The van der Waals surface area contributed by atoms with Crippen molar-refractivity contribution in [3.8, 4) is 0 Å². The molecule has 30 unspecified atom stereocenters. The van der Waals surface area contributed by atoms with Crippen LogP contribution in [-0.2, 0) is 180 Å². The Labute approximate surface area is 644 Å². The Morgan fingerprint density at radius 3 is 0.732 bits per heavy atom. The van der Waals surface area contributed by atoms with Gasteiger partial charge in [-0.2, -0.15) is 0 Å². The van der Waals surface area contributed by atoms with Crippen LogP contribution >= 0.6 is 46.9 Å². The summed E-state index contributed by atoms with van der Waals surface area (Å²) in [5, 5.41) is 64.1. The van der Waals surface area contributed by atoms with Crippen LogP contribution in [-0.4, -0.2) is 285 Å². The first-order valence-electron chi connectivity index (χ1n) is 35.0. The lowest BCUT2D eigenvalue weighted by atomic mass is 9.98. The van der Waals surface area contributed by atoms with Crippen LogP contribution in [0.3, 0.4) is 0 Å². The molecule has 52 heteroatoms. The van der Waals surface area contributed by atoms with E-state index in [1.807, 2.05) is 0 Å². The molecule has 0 aromatic heterocycles. The minimum absolute atomic E-state index is 0.566. The molecule has 9 rings (SSSR count). The molecule has 9 aliphatic rings. The quantitative estimate of drug-likeness (QED) is 0.0532. The van der Waals surface area contributed by atoms with Crippen LogP contribution in [0.2, 0.25) is 0 Å². The van der Waals surface area contributed by atoms with Gasteiger partial charge in [0, 0.05) is 13.8 Å². The zero-order valence-electron chi connectivity index (χ0n) is 64.4. The monoisotopic (exact) mass is 1750 g/mol. The van der Waals surface area contributed by atoms with Crippen molar-refractivity contribution in [2.45, 2.75) is 264 Å². The van der Waals surface area contributed by atoms with E-state index in [0.717, 1.165) is 13.8 Å². The zero-order valence-corrected chi connectivity index (χ0v) is 69.7. The first-order valence-corrected chi connectivity index (χ1v) is 43.8. The molecule has 9 aliphatic heterocycles. The molecule has 0 aliphatic carbocycles. The summed E-state index contributed by atoms with van der Waals surface area (Å²) in [6.45, 7) is 18.4. The van der Waals surface area contributed by atoms with Crippen LogP contribution in [0.25, 0.3) is 0 Å². The standard InChI is InChI=1S/C24H42O16P2.C18H30O16P2.C18H32O14P2/c1-13-19-17(25)15(37-13)9-33-42(30,36-12-32-22(28)24(6,7)8)40-20-14(2)38-16(18(20)26)10-34-41(29,39-19)35-11-31-21(27)23(3,4)5;1-9-17-15(21)13(31-9)5-27-36(24,30-8-26-12(4)20)34-18-10(2)32-14(16(18)22)6-28-35(23,33-17)29-7-25-11(3)19;1-9-13(19)16-12(29-9)7-27-34(24,28-8-25-17(21)18(3,4)5)32-15-10(2)30-11(14(15)20)6-26-33(22,23)31-16/h13-20,25-26H,9-12H2,1-8H3;9-10,13-18,21-22H,5-8H2,1-4H3;9-16,19-20H,6-8H2,1-5H3,(H,22,23). The smallest absolute Gasteiger partial charge is 0.438 e. The van der Waals surface area contributed by atoms with E-state index in [2.05, 4.69) is 9.47 Å². The molecular formula is C60H104O46P6. The van der Waals surface area contributed by atoms with Gasteiger partial charge >= 0.3 is 76.8 Å². The highest BCUT2D eigenvalue weighted by atomic mass is 31.2. The molecule has 0 amide bonds. The lowest BCUT2D eigenvalue weighted by molar-refractivity contribution is -0.162. The first-order chi connectivity index (χ1) is 51.7. The maximum absolute atomic E-state index is 13.6. The molecule has 0 radical (unpaired) electrons. The molecule has 0 saturated carbocycles. The van der Waals surface area contributed by atoms with Crippen LogP contribution in [0.15, 0.2) is 0 Å². The molecule has 7 N–H and O–H groups in total. The van der Waals surface area contributed by atoms with E-state index in [0.29, 0.717) is 0 Å². The summed E-state index contributed by atoms with van der Waals surface area (Å²) in [5.41, 5.74) is -2.59. The van der Waals surface area contributed by atoms with Crippen molar-refractivity contribution in [3.63, 3.8) is 0 Å². The number of phosphoric ester groups is 6. The Bertz CT molecular complexity index is 3310. The Morgan fingerprint density at radius 1 is 0.304 bits per heavy atom. The molecule has 0 aromatic carbocycles. The van der Waals surface area contributed by atoms with E-state index in [9.17, 15) is 86.9 Å². The van der Waals surface area contributed by atoms with Gasteiger partial charge in [-0.25, -0.2) is 50.0 Å². The number of phosphoric acid groups is 6. The number of ether oxygens (including phenoxy) is 11. The van der Waals surface area contributed by atoms with Crippen molar-refractivity contribution in [1.82, 2.24) is 0 Å². The second kappa shape index (κ2) is 39.8. The largest absolute Gasteiger partial charge is 0.478 e. The third kappa shape index (κ3) is 27.0. The van der Waals surface area contributed by atoms with Crippen molar-refractivity contribution in [1.29, 1.82) is 0 Å². The fourth-order valence-electron chi connectivity index (χ4n) is 11.1. The Hall–Kier alpha value is -2.47. The average Bonchev–Trinajstić information content (AvgIpc) is 1.66. The van der Waals surface area contributed by atoms with Gasteiger partial charge in [0.2, 0.25) is 34.0 Å². The van der Waals surface area contributed by atoms with E-state index >= 15 is 0 Å². The summed E-state index contributed by atoms with van der Waals surface area (Å²) < 4.78 is 228. The Kier molecular flexibility index (Phi) is 34.4. The van der Waals surface area contributed by atoms with Crippen LogP contribution in [0.5, 0.6) is 0 Å². The molecule has 0 spiro atoms. The number of carbonyl (C=O) groups is 5. The van der Waals surface area contributed by atoms with Gasteiger partial charge in [-0.3, -0.25) is 78.3 Å². The topological polar surface area (TPSA) is 588 Å². The minimum Gasteiger partial charge on any atom is -0.438 e. The van der Waals surface area contributed by atoms with Crippen molar-refractivity contribution < 1.29 is 216 Å². The predicted octanol–water partition coefficient (Wildman–Crippen LogP) is 3.71. The molecule has 112 heavy (non-hydrogen) atoms. The van der Waals surface area contributed by atoms with Gasteiger partial charge in [0.05, 0.1) is 92.5 Å². The first kappa shape index (κ1) is 96.7. The highest BCUT2D eigenvalue weighted by Crippen LogP contribution is 2.60. The minimum atomic E-state index is -4.73. The van der Waals surface area contributed by atoms with E-state index in [1.54, 1.807) is 62.3 Å². The molecule has 9 saturated heterocycles. The summed E-state index contributed by atoms with van der Waals surface area (Å²) in [6, 6.07) is 0. The molecule has 30 atom stereocenters. The van der Waals surface area contributed by atoms with Crippen molar-refractivity contribution >= 4 is 76.8 Å². The van der Waals surface area contributed by atoms with Gasteiger partial charge in [-0.15, -0.1) is 0 Å². The lowest BCUT2D eigenvalue weighted by Crippen LogP contribution is -2.38. The molecule has 10 bridgehead atoms. The number of aliphatic hydroxyl groups excluding tert-OH is 6. The summed E-state index contributed by atoms with van der Waals surface area (Å²) in [5.74, 6) is -3.36. The van der Waals surface area contributed by atoms with E-state index < -0.39 is 313 Å². The van der Waals surface area contributed by atoms with Crippen LogP contribution in [0.1, 0.15) is 118 Å². The van der Waals surface area contributed by atoms with Gasteiger partial charge in [0.25, 0.3) is 0 Å². The number of fused-ring (bicyclic) bond motifs is 11. The normalized spacial score (nSPS) is 42.9. The maximum atomic E-state index is 13.6. The average molecular weight is 1750 g/mol. The van der Waals surface area contributed by atoms with Gasteiger partial charge in [0.15, 0.2) is 0 Å². The van der Waals surface area contributed by atoms with Gasteiger partial charge in [0.1, 0.15) is 110 Å². The predicted molar refractivity (Wildman–Crippen MR) is 365 cm³/mol. The number of rotatable bonds is 15. The molecule has 9 fully saturated rings. The fourth-order valence-corrected chi connectivity index (χ4v) is 18.5. The second-order valence-electron chi connectivity index (χ2n) is 29.7. The molecule has 9 heterocycles. The van der Waals surface area contributed by atoms with E-state index in [1.165, 1.54) is 41.5 Å². The van der Waals surface area contributed by atoms with E-state index in [-0.39, 0.29) is 0 Å².